The summed E-state index contributed by atoms with van der Waals surface area (Å²) in [5.41, 5.74) is 2.52. The predicted octanol–water partition coefficient (Wildman–Crippen LogP) is 3.78. The Balaban J connectivity index is 2.03. The summed E-state index contributed by atoms with van der Waals surface area (Å²) in [7, 11) is 2.15. The lowest BCUT2D eigenvalue weighted by atomic mass is 10.2. The number of benzene rings is 1. The second kappa shape index (κ2) is 4.09. The highest BCUT2D eigenvalue weighted by Crippen LogP contribution is 2.31. The summed E-state index contributed by atoms with van der Waals surface area (Å²) in [5.74, 6) is 0. The molecule has 2 aromatic rings. The van der Waals surface area contributed by atoms with Crippen LogP contribution in [0.1, 0.15) is 20.3 Å². The Morgan fingerprint density at radius 2 is 2.00 bits per heavy atom. The van der Waals surface area contributed by atoms with Crippen molar-refractivity contribution >= 4 is 16.5 Å². The first-order valence-corrected chi connectivity index (χ1v) is 6.36. The van der Waals surface area contributed by atoms with Gasteiger partial charge in [-0.15, -0.1) is 0 Å². The van der Waals surface area contributed by atoms with Gasteiger partial charge in [0.05, 0.1) is 12.5 Å². The van der Waals surface area contributed by atoms with E-state index in [1.807, 2.05) is 0 Å². The predicted molar refractivity (Wildman–Crippen MR) is 74.3 cm³/mol. The van der Waals surface area contributed by atoms with Gasteiger partial charge in [0.1, 0.15) is 6.17 Å². The van der Waals surface area contributed by atoms with Crippen LogP contribution >= 0.6 is 0 Å². The van der Waals surface area contributed by atoms with Crippen molar-refractivity contribution < 1.29 is 4.42 Å². The fourth-order valence-corrected chi connectivity index (χ4v) is 2.63. The molecule has 1 aromatic carbocycles. The van der Waals surface area contributed by atoms with Gasteiger partial charge in [-0.25, -0.2) is 0 Å². The molecule has 3 rings (SSSR count). The molecule has 0 amide bonds. The van der Waals surface area contributed by atoms with Crippen LogP contribution in [0.3, 0.4) is 0 Å². The first kappa shape index (κ1) is 11.2. The van der Waals surface area contributed by atoms with E-state index in [9.17, 15) is 0 Å². The molecule has 0 N–H and O–H groups in total. The lowest BCUT2D eigenvalue weighted by Gasteiger charge is -2.30. The summed E-state index contributed by atoms with van der Waals surface area (Å²) < 4.78 is 5.23. The van der Waals surface area contributed by atoms with Gasteiger partial charge in [0.15, 0.2) is 0 Å². The van der Waals surface area contributed by atoms with E-state index in [-0.39, 0.29) is 0 Å². The zero-order chi connectivity index (χ0) is 12.7. The smallest absolute Gasteiger partial charge is 0.105 e. The highest BCUT2D eigenvalue weighted by Gasteiger charge is 2.26. The van der Waals surface area contributed by atoms with Crippen LogP contribution in [-0.4, -0.2) is 18.1 Å². The second-order valence-electron chi connectivity index (χ2n) is 4.86. The van der Waals surface area contributed by atoms with E-state index in [1.54, 1.807) is 12.5 Å². The summed E-state index contributed by atoms with van der Waals surface area (Å²) in [6, 6.07) is 6.45. The topological polar surface area (TPSA) is 19.6 Å². The molecule has 1 aromatic heterocycles. The van der Waals surface area contributed by atoms with Gasteiger partial charge in [0, 0.05) is 35.4 Å². The summed E-state index contributed by atoms with van der Waals surface area (Å²) in [6.07, 6.45) is 7.31. The van der Waals surface area contributed by atoms with Crippen molar-refractivity contribution in [3.8, 4) is 0 Å². The monoisotopic (exact) mass is 242 g/mol. The van der Waals surface area contributed by atoms with Crippen LogP contribution in [-0.2, 0) is 0 Å². The average molecular weight is 242 g/mol. The zero-order valence-corrected chi connectivity index (χ0v) is 11.1. The first-order valence-electron chi connectivity index (χ1n) is 6.36. The Hall–Kier alpha value is -1.90. The highest BCUT2D eigenvalue weighted by molar-refractivity contribution is 5.85. The minimum Gasteiger partial charge on any atom is -0.471 e. The van der Waals surface area contributed by atoms with Crippen molar-refractivity contribution in [3.63, 3.8) is 0 Å². The van der Waals surface area contributed by atoms with Crippen molar-refractivity contribution in [2.75, 3.05) is 11.9 Å². The maximum atomic E-state index is 5.23. The molecule has 0 fully saturated rings. The molecule has 0 saturated heterocycles. The molecular formula is C15H18N2O. The third-order valence-corrected chi connectivity index (χ3v) is 3.77. The molecule has 1 aliphatic heterocycles. The van der Waals surface area contributed by atoms with Crippen molar-refractivity contribution in [1.82, 2.24) is 4.90 Å². The maximum Gasteiger partial charge on any atom is 0.105 e. The molecule has 0 radical (unpaired) electrons. The number of allylic oxidation sites excluding steroid dienone is 1. The van der Waals surface area contributed by atoms with E-state index >= 15 is 0 Å². The van der Waals surface area contributed by atoms with E-state index in [4.69, 9.17) is 4.42 Å². The van der Waals surface area contributed by atoms with E-state index in [1.165, 1.54) is 11.4 Å². The number of furan rings is 1. The quantitative estimate of drug-likeness (QED) is 0.799. The largest absolute Gasteiger partial charge is 0.471 e. The molecular weight excluding hydrogens is 224 g/mol. The minimum atomic E-state index is 0.411. The van der Waals surface area contributed by atoms with Gasteiger partial charge in [-0.3, -0.25) is 0 Å². The molecule has 1 aliphatic rings. The molecule has 0 saturated carbocycles. The molecule has 0 bridgehead atoms. The van der Waals surface area contributed by atoms with Gasteiger partial charge in [-0.1, -0.05) is 6.92 Å². The number of fused-ring (bicyclic) bond motifs is 1. The van der Waals surface area contributed by atoms with Crippen LogP contribution < -0.4 is 4.90 Å². The number of anilines is 1. The number of hydrogen-bond acceptors (Lipinski definition) is 3. The van der Waals surface area contributed by atoms with Crippen LogP contribution in [0.2, 0.25) is 0 Å². The molecule has 2 heterocycles. The zero-order valence-electron chi connectivity index (χ0n) is 11.1. The molecule has 0 aliphatic carbocycles. The molecule has 0 spiro atoms. The summed E-state index contributed by atoms with van der Waals surface area (Å²) in [4.78, 5) is 4.65. The average Bonchev–Trinajstić information content (AvgIpc) is 2.94. The van der Waals surface area contributed by atoms with Crippen LogP contribution in [0.25, 0.3) is 10.8 Å². The maximum absolute atomic E-state index is 5.23. The second-order valence-corrected chi connectivity index (χ2v) is 4.86. The van der Waals surface area contributed by atoms with E-state index in [0.29, 0.717) is 6.17 Å². The molecule has 1 atom stereocenters. The fraction of sp³-hybridized carbons (Fsp3) is 0.333. The summed E-state index contributed by atoms with van der Waals surface area (Å²) in [6.45, 7) is 4.37. The van der Waals surface area contributed by atoms with Gasteiger partial charge in [0.25, 0.3) is 0 Å². The van der Waals surface area contributed by atoms with Gasteiger partial charge in [-0.05, 0) is 31.5 Å². The number of rotatable bonds is 2. The van der Waals surface area contributed by atoms with Crippen LogP contribution in [0.15, 0.2) is 47.0 Å². The summed E-state index contributed by atoms with van der Waals surface area (Å²) in [5, 5.41) is 2.31. The molecule has 3 nitrogen and oxygen atoms in total. The van der Waals surface area contributed by atoms with Crippen molar-refractivity contribution in [2.45, 2.75) is 26.4 Å². The minimum absolute atomic E-state index is 0.411. The fourth-order valence-electron chi connectivity index (χ4n) is 2.63. The summed E-state index contributed by atoms with van der Waals surface area (Å²) >= 11 is 0. The lowest BCUT2D eigenvalue weighted by molar-refractivity contribution is 0.327. The number of nitrogens with zero attached hydrogens (tertiary/aromatic N) is 2. The molecule has 1 unspecified atom stereocenters. The Morgan fingerprint density at radius 3 is 2.78 bits per heavy atom. The Kier molecular flexibility index (Phi) is 2.54. The van der Waals surface area contributed by atoms with Crippen molar-refractivity contribution in [1.29, 1.82) is 0 Å². The van der Waals surface area contributed by atoms with Gasteiger partial charge in [-0.2, -0.15) is 0 Å². The Labute approximate surface area is 107 Å². The van der Waals surface area contributed by atoms with Crippen molar-refractivity contribution in [3.05, 3.63) is 42.6 Å². The third kappa shape index (κ3) is 1.58. The first-order chi connectivity index (χ1) is 8.70. The number of hydrogen-bond donors (Lipinski definition) is 0. The van der Waals surface area contributed by atoms with Crippen LogP contribution in [0, 0.1) is 0 Å². The van der Waals surface area contributed by atoms with E-state index in [2.05, 4.69) is 55.1 Å². The van der Waals surface area contributed by atoms with Crippen LogP contribution in [0.4, 0.5) is 5.69 Å². The standard InChI is InChI=1S/C15H18N2O/c1-4-15-16(3)11(2)8-17(15)14-6-5-12-9-18-10-13(12)7-14/h5-10,15H,4H2,1-3H3. The Morgan fingerprint density at radius 1 is 1.22 bits per heavy atom. The molecule has 94 valence electrons. The van der Waals surface area contributed by atoms with Gasteiger partial charge in [0.2, 0.25) is 0 Å². The molecule has 18 heavy (non-hydrogen) atoms. The van der Waals surface area contributed by atoms with Crippen molar-refractivity contribution in [2.24, 2.45) is 0 Å². The highest BCUT2D eigenvalue weighted by atomic mass is 16.3. The Bertz CT molecular complexity index is 599. The van der Waals surface area contributed by atoms with Gasteiger partial charge >= 0.3 is 0 Å². The van der Waals surface area contributed by atoms with E-state index in [0.717, 1.165) is 17.2 Å². The van der Waals surface area contributed by atoms with Crippen LogP contribution in [0.5, 0.6) is 0 Å². The lowest BCUT2D eigenvalue weighted by Crippen LogP contribution is -2.36. The van der Waals surface area contributed by atoms with Gasteiger partial charge < -0.3 is 14.2 Å². The third-order valence-electron chi connectivity index (χ3n) is 3.77. The van der Waals surface area contributed by atoms with E-state index < -0.39 is 0 Å². The SMILES string of the molecule is CCC1N(C)C(C)=CN1c1ccc2cocc2c1. The molecule has 3 heteroatoms. The normalized spacial score (nSPS) is 19.7.